The smallest absolute Gasteiger partial charge is 0.0786 e. The quantitative estimate of drug-likeness (QED) is 0.881. The highest BCUT2D eigenvalue weighted by molar-refractivity contribution is 9.10. The molecular weight excluding hydrogens is 254 g/mol. The Morgan fingerprint density at radius 3 is 2.67 bits per heavy atom. The van der Waals surface area contributed by atoms with Crippen LogP contribution in [0.25, 0.3) is 0 Å². The van der Waals surface area contributed by atoms with E-state index in [1.165, 1.54) is 5.56 Å². The maximum Gasteiger partial charge on any atom is 0.0786 e. The number of hydrogen-bond donors (Lipinski definition) is 2. The molecule has 1 fully saturated rings. The summed E-state index contributed by atoms with van der Waals surface area (Å²) in [6.07, 6.45) is 2.68. The molecule has 2 nitrogen and oxygen atoms in total. The molecule has 1 aliphatic rings. The van der Waals surface area contributed by atoms with Gasteiger partial charge in [0.25, 0.3) is 0 Å². The number of β-amino-alcohol motifs (C(OH)–C–C–N with tert-alkyl or cyclic N) is 1. The van der Waals surface area contributed by atoms with Gasteiger partial charge >= 0.3 is 0 Å². The molecule has 1 aromatic carbocycles. The van der Waals surface area contributed by atoms with Gasteiger partial charge in [0, 0.05) is 11.0 Å². The van der Waals surface area contributed by atoms with Crippen molar-refractivity contribution in [3.05, 3.63) is 34.3 Å². The van der Waals surface area contributed by atoms with E-state index in [2.05, 4.69) is 33.4 Å². The molecule has 0 bridgehead atoms. The van der Waals surface area contributed by atoms with Crippen LogP contribution in [-0.2, 0) is 6.42 Å². The van der Waals surface area contributed by atoms with Gasteiger partial charge in [0.1, 0.15) is 0 Å². The Morgan fingerprint density at radius 1 is 1.33 bits per heavy atom. The highest BCUT2D eigenvalue weighted by Gasteiger charge is 2.30. The highest BCUT2D eigenvalue weighted by Crippen LogP contribution is 2.21. The van der Waals surface area contributed by atoms with E-state index < -0.39 is 5.60 Å². The summed E-state index contributed by atoms with van der Waals surface area (Å²) in [7, 11) is 0. The van der Waals surface area contributed by atoms with E-state index in [4.69, 9.17) is 0 Å². The lowest BCUT2D eigenvalue weighted by Gasteiger charge is -2.20. The van der Waals surface area contributed by atoms with E-state index in [1.54, 1.807) is 0 Å². The molecule has 0 saturated carbocycles. The molecule has 0 spiro atoms. The summed E-state index contributed by atoms with van der Waals surface area (Å²) in [5, 5.41) is 13.3. The average Bonchev–Trinajstić information content (AvgIpc) is 2.65. The van der Waals surface area contributed by atoms with Crippen LogP contribution in [0.2, 0.25) is 0 Å². The third kappa shape index (κ3) is 3.03. The summed E-state index contributed by atoms with van der Waals surface area (Å²) >= 11 is 3.41. The van der Waals surface area contributed by atoms with Gasteiger partial charge in [-0.3, -0.25) is 0 Å². The molecule has 15 heavy (non-hydrogen) atoms. The molecule has 1 atom stereocenters. The zero-order valence-corrected chi connectivity index (χ0v) is 10.3. The van der Waals surface area contributed by atoms with E-state index in [1.807, 2.05) is 12.1 Å². The highest BCUT2D eigenvalue weighted by atomic mass is 79.9. The second-order valence-corrected chi connectivity index (χ2v) is 5.19. The van der Waals surface area contributed by atoms with Crippen molar-refractivity contribution in [2.75, 3.05) is 13.1 Å². The van der Waals surface area contributed by atoms with Crippen molar-refractivity contribution in [1.82, 2.24) is 5.32 Å². The molecule has 1 aromatic rings. The monoisotopic (exact) mass is 269 g/mol. The number of aryl methyl sites for hydroxylation is 1. The van der Waals surface area contributed by atoms with Gasteiger partial charge in [-0.2, -0.15) is 0 Å². The van der Waals surface area contributed by atoms with Crippen molar-refractivity contribution in [2.45, 2.75) is 24.9 Å². The second kappa shape index (κ2) is 4.64. The van der Waals surface area contributed by atoms with E-state index >= 15 is 0 Å². The van der Waals surface area contributed by atoms with E-state index in [-0.39, 0.29) is 0 Å². The molecular formula is C12H16BrNO. The van der Waals surface area contributed by atoms with Gasteiger partial charge in [0.15, 0.2) is 0 Å². The van der Waals surface area contributed by atoms with E-state index in [0.717, 1.165) is 36.8 Å². The summed E-state index contributed by atoms with van der Waals surface area (Å²) in [6, 6.07) is 8.31. The van der Waals surface area contributed by atoms with Crippen LogP contribution in [0.5, 0.6) is 0 Å². The first kappa shape index (κ1) is 11.1. The summed E-state index contributed by atoms with van der Waals surface area (Å²) in [6.45, 7) is 1.68. The molecule has 0 amide bonds. The van der Waals surface area contributed by atoms with Gasteiger partial charge in [0.2, 0.25) is 0 Å². The van der Waals surface area contributed by atoms with Crippen molar-refractivity contribution < 1.29 is 5.11 Å². The number of halogens is 1. The Kier molecular flexibility index (Phi) is 3.44. The first-order chi connectivity index (χ1) is 7.18. The minimum atomic E-state index is -0.479. The lowest BCUT2D eigenvalue weighted by atomic mass is 9.94. The maximum atomic E-state index is 10.1. The third-order valence-corrected chi connectivity index (χ3v) is 3.54. The van der Waals surface area contributed by atoms with Gasteiger partial charge in [-0.1, -0.05) is 28.1 Å². The fourth-order valence-electron chi connectivity index (χ4n) is 1.97. The van der Waals surface area contributed by atoms with Crippen LogP contribution in [0.15, 0.2) is 28.7 Å². The largest absolute Gasteiger partial charge is 0.389 e. The summed E-state index contributed by atoms with van der Waals surface area (Å²) in [4.78, 5) is 0. The van der Waals surface area contributed by atoms with Gasteiger partial charge in [-0.15, -0.1) is 0 Å². The fraction of sp³-hybridized carbons (Fsp3) is 0.500. The Hall–Kier alpha value is -0.380. The standard InChI is InChI=1S/C12H16BrNO/c13-11-3-1-10(2-4-11)5-6-12(15)7-8-14-9-12/h1-4,14-15H,5-9H2. The summed E-state index contributed by atoms with van der Waals surface area (Å²) in [5.74, 6) is 0. The van der Waals surface area contributed by atoms with Crippen LogP contribution in [-0.4, -0.2) is 23.8 Å². The van der Waals surface area contributed by atoms with Crippen LogP contribution in [0.1, 0.15) is 18.4 Å². The van der Waals surface area contributed by atoms with Crippen molar-refractivity contribution in [3.8, 4) is 0 Å². The Balaban J connectivity index is 1.90. The lowest BCUT2D eigenvalue weighted by Crippen LogP contribution is -2.31. The van der Waals surface area contributed by atoms with Crippen LogP contribution < -0.4 is 5.32 Å². The van der Waals surface area contributed by atoms with Crippen LogP contribution in [0.4, 0.5) is 0 Å². The van der Waals surface area contributed by atoms with Crippen LogP contribution in [0.3, 0.4) is 0 Å². The molecule has 82 valence electrons. The second-order valence-electron chi connectivity index (χ2n) is 4.28. The van der Waals surface area contributed by atoms with Gasteiger partial charge in [0.05, 0.1) is 5.60 Å². The zero-order chi connectivity index (χ0) is 10.7. The fourth-order valence-corrected chi connectivity index (χ4v) is 2.24. The Morgan fingerprint density at radius 2 is 2.07 bits per heavy atom. The van der Waals surface area contributed by atoms with Gasteiger partial charge < -0.3 is 10.4 Å². The minimum Gasteiger partial charge on any atom is -0.389 e. The Bertz CT molecular complexity index is 317. The molecule has 1 heterocycles. The number of nitrogens with one attached hydrogen (secondary N) is 1. The molecule has 0 aliphatic carbocycles. The first-order valence-electron chi connectivity index (χ1n) is 5.36. The van der Waals surface area contributed by atoms with Gasteiger partial charge in [-0.25, -0.2) is 0 Å². The van der Waals surface area contributed by atoms with Gasteiger partial charge in [-0.05, 0) is 43.5 Å². The van der Waals surface area contributed by atoms with Crippen LogP contribution >= 0.6 is 15.9 Å². The van der Waals surface area contributed by atoms with E-state index in [0.29, 0.717) is 0 Å². The summed E-state index contributed by atoms with van der Waals surface area (Å²) < 4.78 is 1.10. The van der Waals surface area contributed by atoms with Crippen LogP contribution in [0, 0.1) is 0 Å². The van der Waals surface area contributed by atoms with Crippen molar-refractivity contribution in [1.29, 1.82) is 0 Å². The number of hydrogen-bond acceptors (Lipinski definition) is 2. The Labute approximate surface area is 98.8 Å². The molecule has 0 radical (unpaired) electrons. The molecule has 3 heteroatoms. The first-order valence-corrected chi connectivity index (χ1v) is 6.15. The average molecular weight is 270 g/mol. The minimum absolute atomic E-state index is 0.479. The number of benzene rings is 1. The lowest BCUT2D eigenvalue weighted by molar-refractivity contribution is 0.0526. The predicted molar refractivity (Wildman–Crippen MR) is 64.9 cm³/mol. The number of rotatable bonds is 3. The number of aliphatic hydroxyl groups is 1. The molecule has 2 rings (SSSR count). The molecule has 1 aliphatic heterocycles. The normalized spacial score (nSPS) is 25.7. The molecule has 1 unspecified atom stereocenters. The third-order valence-electron chi connectivity index (χ3n) is 3.01. The molecule has 1 saturated heterocycles. The van der Waals surface area contributed by atoms with Crippen molar-refractivity contribution in [2.24, 2.45) is 0 Å². The summed E-state index contributed by atoms with van der Waals surface area (Å²) in [5.41, 5.74) is 0.811. The predicted octanol–water partition coefficient (Wildman–Crippen LogP) is 2.11. The van der Waals surface area contributed by atoms with Crippen molar-refractivity contribution >= 4 is 15.9 Å². The van der Waals surface area contributed by atoms with Crippen molar-refractivity contribution in [3.63, 3.8) is 0 Å². The maximum absolute atomic E-state index is 10.1. The SMILES string of the molecule is OC1(CCc2ccc(Br)cc2)CCNC1. The topological polar surface area (TPSA) is 32.3 Å². The molecule has 0 aromatic heterocycles. The molecule has 2 N–H and O–H groups in total. The van der Waals surface area contributed by atoms with E-state index in [9.17, 15) is 5.11 Å². The zero-order valence-electron chi connectivity index (χ0n) is 8.67.